The first-order valence-electron chi connectivity index (χ1n) is 7.25. The lowest BCUT2D eigenvalue weighted by Crippen LogP contribution is -2.28. The summed E-state index contributed by atoms with van der Waals surface area (Å²) in [5, 5.41) is 3.50. The lowest BCUT2D eigenvalue weighted by Gasteiger charge is -2.26. The second kappa shape index (κ2) is 7.04. The minimum atomic E-state index is 0.552. The minimum Gasteiger partial charge on any atom is -0.380 e. The summed E-state index contributed by atoms with van der Waals surface area (Å²) in [5.74, 6) is 0.721. The molecule has 1 fully saturated rings. The number of benzene rings is 1. The summed E-state index contributed by atoms with van der Waals surface area (Å²) >= 11 is 0. The lowest BCUT2D eigenvalue weighted by molar-refractivity contribution is 0.185. The molecule has 2 unspecified atom stereocenters. The molecule has 1 saturated heterocycles. The molecule has 3 nitrogen and oxygen atoms in total. The van der Waals surface area contributed by atoms with E-state index in [1.165, 1.54) is 24.1 Å². The standard InChI is InChI=1S/C16H26N2O/c1-4-17-11-15-9-10-18(2)16(15)14-7-5-13(6-8-14)12-19-3/h5-8,15-17H,4,9-12H2,1-3H3. The van der Waals surface area contributed by atoms with Gasteiger partial charge < -0.3 is 10.1 Å². The first-order valence-corrected chi connectivity index (χ1v) is 7.25. The van der Waals surface area contributed by atoms with Gasteiger partial charge in [0.1, 0.15) is 0 Å². The van der Waals surface area contributed by atoms with Crippen LogP contribution in [-0.4, -0.2) is 38.7 Å². The predicted octanol–water partition coefficient (Wildman–Crippen LogP) is 2.44. The van der Waals surface area contributed by atoms with Crippen LogP contribution in [0.15, 0.2) is 24.3 Å². The first-order chi connectivity index (χ1) is 9.26. The van der Waals surface area contributed by atoms with Crippen molar-refractivity contribution in [2.45, 2.75) is 26.0 Å². The van der Waals surface area contributed by atoms with Crippen LogP contribution in [-0.2, 0) is 11.3 Å². The molecule has 2 rings (SSSR count). The molecule has 1 aliphatic rings. The number of rotatable bonds is 6. The summed E-state index contributed by atoms with van der Waals surface area (Å²) in [4.78, 5) is 2.48. The van der Waals surface area contributed by atoms with E-state index in [1.54, 1.807) is 7.11 Å². The fourth-order valence-electron chi connectivity index (χ4n) is 3.07. The smallest absolute Gasteiger partial charge is 0.0713 e. The molecule has 0 bridgehead atoms. The Morgan fingerprint density at radius 2 is 2.05 bits per heavy atom. The number of nitrogens with zero attached hydrogens (tertiary/aromatic N) is 1. The summed E-state index contributed by atoms with van der Waals surface area (Å²) in [6.45, 7) is 6.24. The Labute approximate surface area is 116 Å². The van der Waals surface area contributed by atoms with Gasteiger partial charge in [0, 0.05) is 13.2 Å². The van der Waals surface area contributed by atoms with E-state index >= 15 is 0 Å². The van der Waals surface area contributed by atoms with Gasteiger partial charge in [-0.3, -0.25) is 4.90 Å². The van der Waals surface area contributed by atoms with Gasteiger partial charge in [-0.05, 0) is 50.1 Å². The van der Waals surface area contributed by atoms with Crippen molar-refractivity contribution >= 4 is 0 Å². The van der Waals surface area contributed by atoms with Crippen LogP contribution in [0.25, 0.3) is 0 Å². The van der Waals surface area contributed by atoms with Gasteiger partial charge in [0.05, 0.1) is 6.61 Å². The third kappa shape index (κ3) is 3.56. The SMILES string of the molecule is CCNCC1CCN(C)C1c1ccc(COC)cc1. The van der Waals surface area contributed by atoms with Gasteiger partial charge >= 0.3 is 0 Å². The highest BCUT2D eigenvalue weighted by molar-refractivity contribution is 5.26. The molecule has 3 heteroatoms. The third-order valence-electron chi connectivity index (χ3n) is 4.06. The Balaban J connectivity index is 2.08. The second-order valence-corrected chi connectivity index (χ2v) is 5.46. The molecule has 0 saturated carbocycles. The molecule has 19 heavy (non-hydrogen) atoms. The van der Waals surface area contributed by atoms with Crippen LogP contribution in [0.2, 0.25) is 0 Å². The van der Waals surface area contributed by atoms with Crippen LogP contribution in [0.3, 0.4) is 0 Å². The summed E-state index contributed by atoms with van der Waals surface area (Å²) < 4.78 is 5.17. The van der Waals surface area contributed by atoms with Crippen molar-refractivity contribution in [3.05, 3.63) is 35.4 Å². The second-order valence-electron chi connectivity index (χ2n) is 5.46. The monoisotopic (exact) mass is 262 g/mol. The molecule has 0 spiro atoms. The first kappa shape index (κ1) is 14.5. The van der Waals surface area contributed by atoms with E-state index in [4.69, 9.17) is 4.74 Å². The van der Waals surface area contributed by atoms with Crippen molar-refractivity contribution in [1.82, 2.24) is 10.2 Å². The maximum atomic E-state index is 5.17. The van der Waals surface area contributed by atoms with Crippen LogP contribution in [0.1, 0.15) is 30.5 Å². The number of nitrogens with one attached hydrogen (secondary N) is 1. The Bertz CT molecular complexity index is 377. The molecule has 0 radical (unpaired) electrons. The van der Waals surface area contributed by atoms with Gasteiger partial charge in [0.15, 0.2) is 0 Å². The molecular formula is C16H26N2O. The topological polar surface area (TPSA) is 24.5 Å². The zero-order valence-electron chi connectivity index (χ0n) is 12.4. The van der Waals surface area contributed by atoms with Gasteiger partial charge in [0.2, 0.25) is 0 Å². The van der Waals surface area contributed by atoms with Crippen molar-refractivity contribution in [3.8, 4) is 0 Å². The van der Waals surface area contributed by atoms with Crippen LogP contribution < -0.4 is 5.32 Å². The van der Waals surface area contributed by atoms with Crippen LogP contribution >= 0.6 is 0 Å². The average molecular weight is 262 g/mol. The van der Waals surface area contributed by atoms with Crippen LogP contribution in [0.5, 0.6) is 0 Å². The summed E-state index contributed by atoms with van der Waals surface area (Å²) in [7, 11) is 3.98. The quantitative estimate of drug-likeness (QED) is 0.852. The predicted molar refractivity (Wildman–Crippen MR) is 79.2 cm³/mol. The fraction of sp³-hybridized carbons (Fsp3) is 0.625. The van der Waals surface area contributed by atoms with E-state index in [1.807, 2.05) is 0 Å². The summed E-state index contributed by atoms with van der Waals surface area (Å²) in [6, 6.07) is 9.46. The highest BCUT2D eigenvalue weighted by Crippen LogP contribution is 2.35. The molecular weight excluding hydrogens is 236 g/mol. The molecule has 0 aliphatic carbocycles. The third-order valence-corrected chi connectivity index (χ3v) is 4.06. The van der Waals surface area contributed by atoms with Crippen molar-refractivity contribution in [3.63, 3.8) is 0 Å². The molecule has 106 valence electrons. The molecule has 1 aromatic carbocycles. The number of ether oxygens (including phenoxy) is 1. The van der Waals surface area contributed by atoms with Gasteiger partial charge in [-0.1, -0.05) is 31.2 Å². The molecule has 1 heterocycles. The highest BCUT2D eigenvalue weighted by atomic mass is 16.5. The van der Waals surface area contributed by atoms with Crippen molar-refractivity contribution in [1.29, 1.82) is 0 Å². The van der Waals surface area contributed by atoms with Crippen molar-refractivity contribution in [2.24, 2.45) is 5.92 Å². The molecule has 0 amide bonds. The van der Waals surface area contributed by atoms with Gasteiger partial charge in [-0.2, -0.15) is 0 Å². The maximum Gasteiger partial charge on any atom is 0.0713 e. The fourth-order valence-corrected chi connectivity index (χ4v) is 3.07. The number of hydrogen-bond acceptors (Lipinski definition) is 3. The largest absolute Gasteiger partial charge is 0.380 e. The number of hydrogen-bond donors (Lipinski definition) is 1. The van der Waals surface area contributed by atoms with E-state index in [-0.39, 0.29) is 0 Å². The Morgan fingerprint density at radius 1 is 1.32 bits per heavy atom. The lowest BCUT2D eigenvalue weighted by atomic mass is 9.93. The zero-order chi connectivity index (χ0) is 13.7. The normalized spacial score (nSPS) is 23.9. The summed E-state index contributed by atoms with van der Waals surface area (Å²) in [6.07, 6.45) is 1.29. The Kier molecular flexibility index (Phi) is 5.37. The molecule has 1 aliphatic heterocycles. The van der Waals surface area contributed by atoms with E-state index in [2.05, 4.69) is 48.5 Å². The zero-order valence-corrected chi connectivity index (χ0v) is 12.4. The van der Waals surface area contributed by atoms with Crippen LogP contribution in [0.4, 0.5) is 0 Å². The van der Waals surface area contributed by atoms with Crippen LogP contribution in [0, 0.1) is 5.92 Å². The molecule has 0 aromatic heterocycles. The van der Waals surface area contributed by atoms with E-state index in [0.29, 0.717) is 12.6 Å². The molecule has 2 atom stereocenters. The van der Waals surface area contributed by atoms with Crippen molar-refractivity contribution in [2.75, 3.05) is 33.8 Å². The average Bonchev–Trinajstić information content (AvgIpc) is 2.79. The molecule has 1 aromatic rings. The Hall–Kier alpha value is -0.900. The number of likely N-dealkylation sites (tertiary alicyclic amines) is 1. The van der Waals surface area contributed by atoms with E-state index < -0.39 is 0 Å². The van der Waals surface area contributed by atoms with Gasteiger partial charge in [0.25, 0.3) is 0 Å². The van der Waals surface area contributed by atoms with E-state index in [0.717, 1.165) is 19.0 Å². The number of methoxy groups -OCH3 is 1. The van der Waals surface area contributed by atoms with Gasteiger partial charge in [-0.15, -0.1) is 0 Å². The maximum absolute atomic E-state index is 5.17. The minimum absolute atomic E-state index is 0.552. The Morgan fingerprint density at radius 3 is 2.68 bits per heavy atom. The van der Waals surface area contributed by atoms with Crippen molar-refractivity contribution < 1.29 is 4.74 Å². The van der Waals surface area contributed by atoms with Gasteiger partial charge in [-0.25, -0.2) is 0 Å². The highest BCUT2D eigenvalue weighted by Gasteiger charge is 2.32. The summed E-state index contributed by atoms with van der Waals surface area (Å²) in [5.41, 5.74) is 2.68. The molecule has 1 N–H and O–H groups in total. The van der Waals surface area contributed by atoms with E-state index in [9.17, 15) is 0 Å².